The molecule has 37 heavy (non-hydrogen) atoms. The number of hydroxylamine groups is 2. The third-order valence-corrected chi connectivity index (χ3v) is 6.60. The Morgan fingerprint density at radius 1 is 0.568 bits per heavy atom. The summed E-state index contributed by atoms with van der Waals surface area (Å²) in [5.74, 6) is -0.990. The van der Waals surface area contributed by atoms with Crippen molar-refractivity contribution in [2.75, 3.05) is 10.1 Å². The molecule has 2 aliphatic carbocycles. The van der Waals surface area contributed by atoms with Crippen molar-refractivity contribution in [1.29, 1.82) is 0 Å². The molecule has 0 atom stereocenters. The van der Waals surface area contributed by atoms with E-state index in [1.807, 2.05) is 48.5 Å². The van der Waals surface area contributed by atoms with Crippen LogP contribution in [0.5, 0.6) is 0 Å². The molecule has 0 N–H and O–H groups in total. The van der Waals surface area contributed by atoms with E-state index in [4.69, 9.17) is 0 Å². The normalized spacial score (nSPS) is 11.6. The summed E-state index contributed by atoms with van der Waals surface area (Å²) in [5.41, 5.74) is 10.3. The van der Waals surface area contributed by atoms with E-state index in [-0.39, 0.29) is 16.5 Å². The average Bonchev–Trinajstić information content (AvgIpc) is 3.45. The second-order valence-electron chi connectivity index (χ2n) is 8.98. The average molecular weight is 535 g/mol. The molecule has 0 spiro atoms. The minimum atomic E-state index is -0.495. The Bertz CT molecular complexity index is 1390. The fourth-order valence-electron chi connectivity index (χ4n) is 4.88. The molecule has 0 saturated heterocycles. The molecule has 0 fully saturated rings. The Labute approximate surface area is 225 Å². The first-order valence-corrected chi connectivity index (χ1v) is 11.7. The molecule has 4 aromatic rings. The zero-order valence-corrected chi connectivity index (χ0v) is 21.3. The second kappa shape index (κ2) is 10.7. The quantitative estimate of drug-likeness (QED) is 0.195. The molecule has 0 radical (unpaired) electrons. The van der Waals surface area contributed by atoms with Gasteiger partial charge in [0.05, 0.1) is 0 Å². The Kier molecular flexibility index (Phi) is 7.60. The zero-order valence-electron chi connectivity index (χ0n) is 20.3. The molecule has 0 saturated carbocycles. The van der Waals surface area contributed by atoms with Gasteiger partial charge in [-0.05, 0) is 81.6 Å². The van der Waals surface area contributed by atoms with E-state index >= 15 is 0 Å². The van der Waals surface area contributed by atoms with E-state index in [9.17, 15) is 20.0 Å². The number of carbonyl (C=O) groups excluding carboxylic acids is 2. The molecule has 188 valence electrons. The van der Waals surface area contributed by atoms with E-state index in [1.165, 1.54) is 36.1 Å². The number of benzene rings is 4. The summed E-state index contributed by atoms with van der Waals surface area (Å²) in [6.45, 7) is 2.55. The molecule has 0 aromatic heterocycles. The Morgan fingerprint density at radius 3 is 1.30 bits per heavy atom. The van der Waals surface area contributed by atoms with Gasteiger partial charge in [0.15, 0.2) is 0 Å². The van der Waals surface area contributed by atoms with Crippen LogP contribution in [0.25, 0.3) is 22.3 Å². The summed E-state index contributed by atoms with van der Waals surface area (Å²) in [4.78, 5) is 22.2. The Balaban J connectivity index is 0.000000168. The molecule has 4 aromatic carbocycles. The molecule has 7 heteroatoms. The van der Waals surface area contributed by atoms with Gasteiger partial charge in [-0.15, -0.1) is 0 Å². The van der Waals surface area contributed by atoms with Gasteiger partial charge in [0.2, 0.25) is 11.8 Å². The number of carbonyl (C=O) groups is 2. The first-order chi connectivity index (χ1) is 17.3. The third kappa shape index (κ3) is 5.07. The van der Waals surface area contributed by atoms with Crippen molar-refractivity contribution in [3.63, 3.8) is 0 Å². The van der Waals surface area contributed by atoms with Gasteiger partial charge < -0.3 is 20.5 Å². The number of fused-ring (bicyclic) bond motifs is 6. The van der Waals surface area contributed by atoms with E-state index in [1.54, 1.807) is 12.1 Å². The Hall–Kier alpha value is -3.77. The molecule has 2 amide bonds. The summed E-state index contributed by atoms with van der Waals surface area (Å²) in [6, 6.07) is 27.3. The maximum atomic E-state index is 11.6. The van der Waals surface area contributed by atoms with Crippen LogP contribution in [0.3, 0.4) is 0 Å². The molecule has 2 aliphatic rings. The number of nitrogens with zero attached hydrogens (tertiary/aromatic N) is 2. The second-order valence-corrected chi connectivity index (χ2v) is 8.98. The van der Waals surface area contributed by atoms with Gasteiger partial charge in [-0.3, -0.25) is 9.59 Å². The topological polar surface area (TPSA) is 86.7 Å². The third-order valence-electron chi connectivity index (χ3n) is 6.60. The van der Waals surface area contributed by atoms with E-state index in [0.717, 1.165) is 35.1 Å². The van der Waals surface area contributed by atoms with E-state index in [0.29, 0.717) is 21.5 Å². The maximum Gasteiger partial charge on any atom is 2.00 e. The van der Waals surface area contributed by atoms with Crippen LogP contribution in [0.4, 0.5) is 11.4 Å². The largest absolute Gasteiger partial charge is 2.00 e. The zero-order chi connectivity index (χ0) is 25.4. The Morgan fingerprint density at radius 2 is 0.919 bits per heavy atom. The molecule has 0 unspecified atom stereocenters. The molecular formula is C30H24N2NiO4. The van der Waals surface area contributed by atoms with Gasteiger partial charge in [0.1, 0.15) is 0 Å². The molecular weight excluding hydrogens is 511 g/mol. The van der Waals surface area contributed by atoms with Crippen LogP contribution >= 0.6 is 0 Å². The van der Waals surface area contributed by atoms with Crippen LogP contribution in [0.2, 0.25) is 0 Å². The van der Waals surface area contributed by atoms with Gasteiger partial charge in [0, 0.05) is 25.2 Å². The van der Waals surface area contributed by atoms with Gasteiger partial charge in [-0.25, -0.2) is 0 Å². The molecule has 0 aliphatic heterocycles. The number of hydrogen-bond donors (Lipinski definition) is 0. The van der Waals surface area contributed by atoms with Crippen molar-refractivity contribution in [2.24, 2.45) is 0 Å². The molecule has 6 rings (SSSR count). The van der Waals surface area contributed by atoms with E-state index in [2.05, 4.69) is 24.3 Å². The predicted molar refractivity (Wildman–Crippen MR) is 142 cm³/mol. The van der Waals surface area contributed by atoms with Crippen molar-refractivity contribution in [1.82, 2.24) is 0 Å². The SMILES string of the molecule is CC(=O)N([O-])c1ccc2c(c1)Cc1ccccc1-2.CC(=O)N([O-])c1ccc2c(c1)Cc1ccccc1-2.[Ni+2]. The van der Waals surface area contributed by atoms with Gasteiger partial charge in [0.25, 0.3) is 0 Å². The van der Waals surface area contributed by atoms with Crippen LogP contribution < -0.4 is 10.1 Å². The number of amides is 2. The van der Waals surface area contributed by atoms with Gasteiger partial charge in [-0.2, -0.15) is 0 Å². The van der Waals surface area contributed by atoms with Crippen LogP contribution in [0.15, 0.2) is 84.9 Å². The van der Waals surface area contributed by atoms with Crippen molar-refractivity contribution < 1.29 is 26.1 Å². The fraction of sp³-hybridized carbons (Fsp3) is 0.133. The fourth-order valence-corrected chi connectivity index (χ4v) is 4.88. The van der Waals surface area contributed by atoms with Crippen LogP contribution in [0, 0.1) is 10.4 Å². The number of rotatable bonds is 2. The summed E-state index contributed by atoms with van der Waals surface area (Å²) < 4.78 is 0. The minimum absolute atomic E-state index is 0. The van der Waals surface area contributed by atoms with Crippen LogP contribution in [-0.4, -0.2) is 11.8 Å². The molecule has 0 bridgehead atoms. The molecule has 0 heterocycles. The van der Waals surface area contributed by atoms with Gasteiger partial charge in [-0.1, -0.05) is 60.7 Å². The molecule has 6 nitrogen and oxygen atoms in total. The first kappa shape index (κ1) is 26.3. The summed E-state index contributed by atoms with van der Waals surface area (Å²) in [7, 11) is 0. The monoisotopic (exact) mass is 534 g/mol. The van der Waals surface area contributed by atoms with Crippen molar-refractivity contribution >= 4 is 23.2 Å². The maximum absolute atomic E-state index is 11.6. The van der Waals surface area contributed by atoms with E-state index < -0.39 is 11.8 Å². The standard InChI is InChI=1S/2C15H12NO2.Ni/c2*1-10(17)16(18)13-6-7-15-12(9-13)8-11-4-2-3-5-14(11)15;/h2*2-7,9H,8H2,1H3;/q2*-1;+2. The first-order valence-electron chi connectivity index (χ1n) is 11.7. The summed E-state index contributed by atoms with van der Waals surface area (Å²) in [6.07, 6.45) is 1.65. The summed E-state index contributed by atoms with van der Waals surface area (Å²) >= 11 is 0. The number of anilines is 2. The predicted octanol–water partition coefficient (Wildman–Crippen LogP) is 6.21. The van der Waals surface area contributed by atoms with Crippen molar-refractivity contribution in [2.45, 2.75) is 26.7 Å². The van der Waals surface area contributed by atoms with Crippen LogP contribution in [-0.2, 0) is 38.9 Å². The van der Waals surface area contributed by atoms with Crippen LogP contribution in [0.1, 0.15) is 36.1 Å². The van der Waals surface area contributed by atoms with Crippen molar-refractivity contribution in [3.8, 4) is 22.3 Å². The minimum Gasteiger partial charge on any atom is -0.752 e. The van der Waals surface area contributed by atoms with Crippen molar-refractivity contribution in [3.05, 3.63) is 118 Å². The smallest absolute Gasteiger partial charge is 0.752 e. The van der Waals surface area contributed by atoms with Gasteiger partial charge >= 0.3 is 16.5 Å². The summed E-state index contributed by atoms with van der Waals surface area (Å²) in [5, 5.41) is 24.0. The number of hydrogen-bond acceptors (Lipinski definition) is 4.